The SMILES string of the molecule is CC1CCC(O)(CN2CCC(c3nnc4ccccn34)CC2)CC1. The first-order chi connectivity index (χ1) is 11.6. The maximum absolute atomic E-state index is 10.9. The number of pyridine rings is 1. The molecule has 1 N–H and O–H groups in total. The van der Waals surface area contributed by atoms with Gasteiger partial charge in [-0.15, -0.1) is 10.2 Å². The summed E-state index contributed by atoms with van der Waals surface area (Å²) in [5.41, 5.74) is 0.474. The number of nitrogens with zero attached hydrogens (tertiary/aromatic N) is 4. The Balaban J connectivity index is 1.37. The summed E-state index contributed by atoms with van der Waals surface area (Å²) in [6, 6.07) is 6.04. The lowest BCUT2D eigenvalue weighted by atomic mass is 9.79. The second-order valence-corrected chi connectivity index (χ2v) is 7.94. The zero-order valence-corrected chi connectivity index (χ0v) is 14.6. The molecule has 1 saturated carbocycles. The van der Waals surface area contributed by atoms with Gasteiger partial charge in [-0.25, -0.2) is 0 Å². The van der Waals surface area contributed by atoms with Crippen molar-refractivity contribution in [2.45, 2.75) is 57.0 Å². The molecule has 5 heteroatoms. The average molecular weight is 328 g/mol. The lowest BCUT2D eigenvalue weighted by Gasteiger charge is -2.41. The Morgan fingerprint density at radius 1 is 1.12 bits per heavy atom. The molecule has 2 fully saturated rings. The Labute approximate surface area is 143 Å². The van der Waals surface area contributed by atoms with Crippen molar-refractivity contribution in [1.82, 2.24) is 19.5 Å². The van der Waals surface area contributed by atoms with Gasteiger partial charge in [0.05, 0.1) is 5.60 Å². The summed E-state index contributed by atoms with van der Waals surface area (Å²) in [5.74, 6) is 2.34. The van der Waals surface area contributed by atoms with Crippen LogP contribution in [0.1, 0.15) is 57.2 Å². The number of aromatic nitrogens is 3. The molecule has 0 aromatic carbocycles. The van der Waals surface area contributed by atoms with Crippen LogP contribution in [0.3, 0.4) is 0 Å². The predicted octanol–water partition coefficient (Wildman–Crippen LogP) is 2.85. The van der Waals surface area contributed by atoms with Gasteiger partial charge in [-0.1, -0.05) is 13.0 Å². The van der Waals surface area contributed by atoms with E-state index in [2.05, 4.69) is 32.6 Å². The van der Waals surface area contributed by atoms with Gasteiger partial charge in [-0.2, -0.15) is 0 Å². The zero-order chi connectivity index (χ0) is 16.6. The van der Waals surface area contributed by atoms with Crippen LogP contribution in [0.2, 0.25) is 0 Å². The summed E-state index contributed by atoms with van der Waals surface area (Å²) in [6.07, 6.45) is 8.51. The molecule has 0 spiro atoms. The molecular formula is C19H28N4O. The van der Waals surface area contributed by atoms with E-state index in [1.54, 1.807) is 0 Å². The molecule has 1 saturated heterocycles. The van der Waals surface area contributed by atoms with Gasteiger partial charge in [0.25, 0.3) is 0 Å². The minimum absolute atomic E-state index is 0.457. The average Bonchev–Trinajstić information content (AvgIpc) is 3.03. The fraction of sp³-hybridized carbons (Fsp3) is 0.684. The highest BCUT2D eigenvalue weighted by molar-refractivity contribution is 5.37. The maximum Gasteiger partial charge on any atom is 0.160 e. The topological polar surface area (TPSA) is 53.7 Å². The van der Waals surface area contributed by atoms with Crippen LogP contribution in [-0.2, 0) is 0 Å². The van der Waals surface area contributed by atoms with E-state index in [1.165, 1.54) is 12.8 Å². The van der Waals surface area contributed by atoms with Crippen LogP contribution < -0.4 is 0 Å². The van der Waals surface area contributed by atoms with Crippen molar-refractivity contribution in [3.63, 3.8) is 0 Å². The third-order valence-corrected chi connectivity index (χ3v) is 6.02. The Hall–Kier alpha value is -1.46. The van der Waals surface area contributed by atoms with Crippen molar-refractivity contribution < 1.29 is 5.11 Å². The van der Waals surface area contributed by atoms with E-state index in [-0.39, 0.29) is 0 Å². The Morgan fingerprint density at radius 2 is 1.88 bits per heavy atom. The molecule has 3 heterocycles. The quantitative estimate of drug-likeness (QED) is 0.941. The van der Waals surface area contributed by atoms with E-state index in [4.69, 9.17) is 0 Å². The van der Waals surface area contributed by atoms with Gasteiger partial charge in [0.15, 0.2) is 5.65 Å². The van der Waals surface area contributed by atoms with Crippen molar-refractivity contribution in [2.24, 2.45) is 5.92 Å². The number of rotatable bonds is 3. The first kappa shape index (κ1) is 16.0. The molecule has 130 valence electrons. The summed E-state index contributed by atoms with van der Waals surface area (Å²) >= 11 is 0. The highest BCUT2D eigenvalue weighted by Gasteiger charge is 2.35. The molecule has 4 rings (SSSR count). The fourth-order valence-corrected chi connectivity index (χ4v) is 4.36. The van der Waals surface area contributed by atoms with Gasteiger partial charge >= 0.3 is 0 Å². The summed E-state index contributed by atoms with van der Waals surface area (Å²) in [4.78, 5) is 2.45. The highest BCUT2D eigenvalue weighted by Crippen LogP contribution is 2.34. The molecule has 1 aliphatic heterocycles. The molecule has 0 bridgehead atoms. The van der Waals surface area contributed by atoms with Crippen LogP contribution in [-0.4, -0.2) is 49.8 Å². The van der Waals surface area contributed by atoms with Gasteiger partial charge in [-0.3, -0.25) is 4.40 Å². The van der Waals surface area contributed by atoms with Crippen LogP contribution in [0, 0.1) is 5.92 Å². The number of hydrogen-bond donors (Lipinski definition) is 1. The Kier molecular flexibility index (Phi) is 4.31. The number of aliphatic hydroxyl groups is 1. The maximum atomic E-state index is 10.9. The van der Waals surface area contributed by atoms with Crippen molar-refractivity contribution in [2.75, 3.05) is 19.6 Å². The standard InChI is InChI=1S/C19H28N4O/c1-15-5-9-19(24,10-6-15)14-22-12-7-16(8-13-22)18-21-20-17-4-2-3-11-23(17)18/h2-4,11,15-16,24H,5-10,12-14H2,1H3. The first-order valence-corrected chi connectivity index (χ1v) is 9.37. The minimum atomic E-state index is -0.457. The summed E-state index contributed by atoms with van der Waals surface area (Å²) < 4.78 is 2.12. The van der Waals surface area contributed by atoms with Crippen LogP contribution in [0.15, 0.2) is 24.4 Å². The Morgan fingerprint density at radius 3 is 2.62 bits per heavy atom. The van der Waals surface area contributed by atoms with Crippen molar-refractivity contribution >= 4 is 5.65 Å². The van der Waals surface area contributed by atoms with E-state index in [0.29, 0.717) is 5.92 Å². The molecule has 0 radical (unpaired) electrons. The molecular weight excluding hydrogens is 300 g/mol. The normalized spacial score (nSPS) is 30.0. The van der Waals surface area contributed by atoms with Gasteiger partial charge < -0.3 is 10.0 Å². The predicted molar refractivity (Wildman–Crippen MR) is 94.0 cm³/mol. The molecule has 0 atom stereocenters. The molecule has 5 nitrogen and oxygen atoms in total. The van der Waals surface area contributed by atoms with Crippen LogP contribution in [0.4, 0.5) is 0 Å². The number of fused-ring (bicyclic) bond motifs is 1. The Bertz CT molecular complexity index is 681. The number of likely N-dealkylation sites (tertiary alicyclic amines) is 1. The van der Waals surface area contributed by atoms with E-state index in [9.17, 15) is 5.11 Å². The lowest BCUT2D eigenvalue weighted by Crippen LogP contribution is -2.47. The van der Waals surface area contributed by atoms with Crippen molar-refractivity contribution in [3.05, 3.63) is 30.2 Å². The van der Waals surface area contributed by atoms with Crippen molar-refractivity contribution in [1.29, 1.82) is 0 Å². The highest BCUT2D eigenvalue weighted by atomic mass is 16.3. The largest absolute Gasteiger partial charge is 0.389 e. The molecule has 2 aromatic rings. The van der Waals surface area contributed by atoms with Crippen LogP contribution in [0.5, 0.6) is 0 Å². The third-order valence-electron chi connectivity index (χ3n) is 6.02. The number of hydrogen-bond acceptors (Lipinski definition) is 4. The molecule has 0 unspecified atom stereocenters. The molecule has 2 aliphatic rings. The first-order valence-electron chi connectivity index (χ1n) is 9.37. The minimum Gasteiger partial charge on any atom is -0.389 e. The van der Waals surface area contributed by atoms with Crippen LogP contribution >= 0.6 is 0 Å². The fourth-order valence-electron chi connectivity index (χ4n) is 4.36. The van der Waals surface area contributed by atoms with E-state index in [1.807, 2.05) is 18.2 Å². The number of β-amino-alcohol motifs (C(OH)–C–C–N with tert-alkyl or cyclic N) is 1. The summed E-state index contributed by atoms with van der Waals surface area (Å²) in [7, 11) is 0. The monoisotopic (exact) mass is 328 g/mol. The zero-order valence-electron chi connectivity index (χ0n) is 14.6. The second kappa shape index (κ2) is 6.45. The lowest BCUT2D eigenvalue weighted by molar-refractivity contribution is -0.0392. The molecule has 1 aliphatic carbocycles. The van der Waals surface area contributed by atoms with E-state index < -0.39 is 5.60 Å². The number of piperidine rings is 1. The second-order valence-electron chi connectivity index (χ2n) is 7.94. The van der Waals surface area contributed by atoms with Gasteiger partial charge in [0, 0.05) is 18.7 Å². The van der Waals surface area contributed by atoms with E-state index in [0.717, 1.165) is 62.7 Å². The van der Waals surface area contributed by atoms with Gasteiger partial charge in [0.1, 0.15) is 5.82 Å². The van der Waals surface area contributed by atoms with Crippen LogP contribution in [0.25, 0.3) is 5.65 Å². The smallest absolute Gasteiger partial charge is 0.160 e. The van der Waals surface area contributed by atoms with E-state index >= 15 is 0 Å². The summed E-state index contributed by atoms with van der Waals surface area (Å²) in [5, 5.41) is 19.6. The van der Waals surface area contributed by atoms with Gasteiger partial charge in [-0.05, 0) is 69.7 Å². The third kappa shape index (κ3) is 3.20. The molecule has 2 aromatic heterocycles. The van der Waals surface area contributed by atoms with Gasteiger partial charge in [0.2, 0.25) is 0 Å². The summed E-state index contributed by atoms with van der Waals surface area (Å²) in [6.45, 7) is 5.23. The molecule has 24 heavy (non-hydrogen) atoms. The molecule has 0 amide bonds. The van der Waals surface area contributed by atoms with Crippen molar-refractivity contribution in [3.8, 4) is 0 Å².